The van der Waals surface area contributed by atoms with Gasteiger partial charge in [0.2, 0.25) is 0 Å². The van der Waals surface area contributed by atoms with Gasteiger partial charge in [0, 0.05) is 0 Å². The summed E-state index contributed by atoms with van der Waals surface area (Å²) >= 11 is 1.74. The molecule has 0 bridgehead atoms. The Labute approximate surface area is 202 Å². The molecule has 0 aromatic rings. The number of hydrogen-bond donors (Lipinski definition) is 0. The van der Waals surface area contributed by atoms with Gasteiger partial charge < -0.3 is 24.8 Å². The third-order valence-electron chi connectivity index (χ3n) is 5.71. The van der Waals surface area contributed by atoms with Crippen LogP contribution in [0.5, 0.6) is 0 Å². The summed E-state index contributed by atoms with van der Waals surface area (Å²) < 4.78 is 0. The van der Waals surface area contributed by atoms with Crippen molar-refractivity contribution in [2.24, 2.45) is 23.7 Å². The first-order valence-electron chi connectivity index (χ1n) is 10.5. The van der Waals surface area contributed by atoms with E-state index >= 15 is 0 Å². The topological polar surface area (TPSA) is 0 Å². The zero-order valence-corrected chi connectivity index (χ0v) is 22.9. The van der Waals surface area contributed by atoms with Gasteiger partial charge in [0.05, 0.1) is 0 Å². The van der Waals surface area contributed by atoms with Gasteiger partial charge >= 0.3 is 41.9 Å². The Morgan fingerprint density at radius 1 is 0.857 bits per heavy atom. The molecule has 0 spiro atoms. The van der Waals surface area contributed by atoms with Crippen LogP contribution in [-0.4, -0.2) is 5.43 Å². The predicted octanol–water partition coefficient (Wildman–Crippen LogP) is 1.04. The normalized spacial score (nSPS) is 28.1. The molecule has 4 aliphatic carbocycles. The molecule has 0 saturated heterocycles. The summed E-state index contributed by atoms with van der Waals surface area (Å²) in [6, 6.07) is 0. The van der Waals surface area contributed by atoms with Crippen LogP contribution in [0.1, 0.15) is 52.4 Å². The van der Waals surface area contributed by atoms with Crippen LogP contribution in [-0.2, 0) is 23.3 Å². The molecule has 0 aliphatic heterocycles. The molecule has 0 amide bonds. The quantitative estimate of drug-likeness (QED) is 0.382. The minimum Gasteiger partial charge on any atom is -1.00 e. The van der Waals surface area contributed by atoms with Gasteiger partial charge in [0.1, 0.15) is 0 Å². The van der Waals surface area contributed by atoms with Crippen molar-refractivity contribution in [1.29, 1.82) is 0 Å². The van der Waals surface area contributed by atoms with E-state index in [1.807, 2.05) is 0 Å². The van der Waals surface area contributed by atoms with Gasteiger partial charge in [-0.25, -0.2) is 36.1 Å². The largest absolute Gasteiger partial charge is 1.00 e. The summed E-state index contributed by atoms with van der Waals surface area (Å²) in [5.41, 5.74) is 3.40. The average molecular weight is 515 g/mol. The SMILES string of the molecule is CCC1[CH-]C2=CC=CCC2C1.CCC1[CH-]C2=CC=CCC2C1.C[Si](C)=[Zr+2].[Cl-].[Cl-]. The fourth-order valence-corrected chi connectivity index (χ4v) is 4.22. The summed E-state index contributed by atoms with van der Waals surface area (Å²) in [5, 5.41) is 0. The molecule has 2 saturated carbocycles. The van der Waals surface area contributed by atoms with Crippen molar-refractivity contribution < 1.29 is 48.1 Å². The summed E-state index contributed by atoms with van der Waals surface area (Å²) in [6.45, 7) is 9.19. The van der Waals surface area contributed by atoms with Crippen LogP contribution in [0.4, 0.5) is 0 Å². The predicted molar refractivity (Wildman–Crippen MR) is 114 cm³/mol. The summed E-state index contributed by atoms with van der Waals surface area (Å²) in [4.78, 5) is 0. The van der Waals surface area contributed by atoms with E-state index < -0.39 is 0 Å². The number of fused-ring (bicyclic) bond motifs is 2. The van der Waals surface area contributed by atoms with Gasteiger partial charge in [0.25, 0.3) is 0 Å². The Bertz CT molecular complexity index is 541. The molecule has 4 heteroatoms. The van der Waals surface area contributed by atoms with Crippen LogP contribution in [0.15, 0.2) is 47.6 Å². The van der Waals surface area contributed by atoms with Crippen molar-refractivity contribution in [2.75, 3.05) is 0 Å². The molecule has 0 nitrogen and oxygen atoms in total. The van der Waals surface area contributed by atoms with E-state index in [4.69, 9.17) is 0 Å². The van der Waals surface area contributed by atoms with Crippen LogP contribution in [0.3, 0.4) is 0 Å². The van der Waals surface area contributed by atoms with Crippen molar-refractivity contribution in [1.82, 2.24) is 0 Å². The molecule has 0 radical (unpaired) electrons. The smallest absolute Gasteiger partial charge is 1.00 e. The fraction of sp³-hybridized carbons (Fsp3) is 0.583. The van der Waals surface area contributed by atoms with Crippen molar-refractivity contribution in [3.8, 4) is 0 Å². The van der Waals surface area contributed by atoms with Gasteiger partial charge in [-0.1, -0.05) is 51.4 Å². The van der Waals surface area contributed by atoms with E-state index in [9.17, 15) is 0 Å². The van der Waals surface area contributed by atoms with E-state index in [1.54, 1.807) is 34.5 Å². The van der Waals surface area contributed by atoms with E-state index in [-0.39, 0.29) is 30.2 Å². The van der Waals surface area contributed by atoms with Crippen molar-refractivity contribution in [3.05, 3.63) is 60.4 Å². The standard InChI is InChI=1S/2C11H15.C2H6Si.2ClH.Zr/c2*1-2-9-7-10-5-3-4-6-11(10)8-9;1-3-2;;;/h2*3-5,7,9,11H,2,6,8H2,1H3;1-2H3;2*1H;/q2*-1;;;;+2/p-2. The fourth-order valence-electron chi connectivity index (χ4n) is 4.22. The van der Waals surface area contributed by atoms with Gasteiger partial charge in [-0.15, -0.1) is 24.3 Å². The first-order valence-corrected chi connectivity index (χ1v) is 16.7. The molecule has 4 rings (SSSR count). The van der Waals surface area contributed by atoms with Gasteiger partial charge in [0.15, 0.2) is 0 Å². The maximum Gasteiger partial charge on any atom is -1.00 e. The maximum atomic E-state index is 2.47. The van der Waals surface area contributed by atoms with Crippen molar-refractivity contribution in [2.45, 2.75) is 65.5 Å². The van der Waals surface area contributed by atoms with Crippen molar-refractivity contribution >= 4 is 5.43 Å². The molecule has 0 N–H and O–H groups in total. The summed E-state index contributed by atoms with van der Waals surface area (Å²) in [5.74, 6) is 3.46. The van der Waals surface area contributed by atoms with Gasteiger partial charge in [-0.2, -0.15) is 0 Å². The van der Waals surface area contributed by atoms with E-state index in [0.29, 0.717) is 0 Å². The van der Waals surface area contributed by atoms with Crippen LogP contribution in [0.25, 0.3) is 0 Å². The van der Waals surface area contributed by atoms with Crippen LogP contribution < -0.4 is 24.8 Å². The van der Waals surface area contributed by atoms with Crippen LogP contribution in [0.2, 0.25) is 13.1 Å². The first-order chi connectivity index (χ1) is 12.5. The molecule has 156 valence electrons. The molecule has 4 aliphatic rings. The number of rotatable bonds is 2. The van der Waals surface area contributed by atoms with Crippen molar-refractivity contribution in [3.63, 3.8) is 0 Å². The Hall–Kier alpha value is 0.380. The molecule has 0 aromatic carbocycles. The minimum absolute atomic E-state index is 0. The van der Waals surface area contributed by atoms with Crippen LogP contribution in [0, 0.1) is 36.5 Å². The Balaban J connectivity index is 0.000000415. The van der Waals surface area contributed by atoms with E-state index in [1.165, 1.54) is 38.5 Å². The molecular weight excluding hydrogens is 478 g/mol. The monoisotopic (exact) mass is 512 g/mol. The second-order valence-electron chi connectivity index (χ2n) is 8.20. The molecule has 2 fully saturated rings. The third-order valence-corrected chi connectivity index (χ3v) is 5.71. The van der Waals surface area contributed by atoms with E-state index in [0.717, 1.165) is 23.7 Å². The number of halogens is 2. The van der Waals surface area contributed by atoms with E-state index in [2.05, 4.69) is 76.2 Å². The second-order valence-corrected chi connectivity index (χ2v) is 17.6. The summed E-state index contributed by atoms with van der Waals surface area (Å²) in [7, 11) is 0. The Morgan fingerprint density at radius 3 is 1.50 bits per heavy atom. The average Bonchev–Trinajstić information content (AvgIpc) is 3.24. The van der Waals surface area contributed by atoms with Crippen LogP contribution >= 0.6 is 0 Å². The molecule has 28 heavy (non-hydrogen) atoms. The molecule has 4 unspecified atom stereocenters. The zero-order chi connectivity index (χ0) is 18.9. The minimum atomic E-state index is 0. The maximum absolute atomic E-state index is 2.47. The molecule has 4 atom stereocenters. The first kappa shape index (κ1) is 28.4. The number of hydrogen-bond acceptors (Lipinski definition) is 0. The molecule has 0 heterocycles. The summed E-state index contributed by atoms with van der Waals surface area (Å²) in [6.07, 6.45) is 26.4. The van der Waals surface area contributed by atoms with Gasteiger partial charge in [-0.05, 0) is 24.7 Å². The third kappa shape index (κ3) is 9.46. The molecule has 0 aromatic heterocycles. The second kappa shape index (κ2) is 15.2. The van der Waals surface area contributed by atoms with Gasteiger partial charge in [-0.3, -0.25) is 0 Å². The Morgan fingerprint density at radius 2 is 1.21 bits per heavy atom. The molecular formula is C24H36Cl2SiZr-2. The zero-order valence-electron chi connectivity index (χ0n) is 17.9. The number of allylic oxidation sites excluding steroid dienone is 8. The Kier molecular flexibility index (Phi) is 15.4.